The van der Waals surface area contributed by atoms with Gasteiger partial charge < -0.3 is 26.0 Å². The van der Waals surface area contributed by atoms with Crippen LogP contribution in [0.15, 0.2) is 18.2 Å². The summed E-state index contributed by atoms with van der Waals surface area (Å²) >= 11 is 0. The molecule has 0 spiro atoms. The van der Waals surface area contributed by atoms with Crippen LogP contribution in [0.5, 0.6) is 11.5 Å². The number of carbonyl (C=O) groups excluding carboxylic acids is 1. The Balaban J connectivity index is 2.66. The van der Waals surface area contributed by atoms with Crippen molar-refractivity contribution in [3.63, 3.8) is 0 Å². The van der Waals surface area contributed by atoms with Gasteiger partial charge in [-0.1, -0.05) is 6.07 Å². The van der Waals surface area contributed by atoms with E-state index in [0.717, 1.165) is 5.56 Å². The maximum atomic E-state index is 10.7. The van der Waals surface area contributed by atoms with E-state index in [1.165, 1.54) is 13.2 Å². The first kappa shape index (κ1) is 14.3. The van der Waals surface area contributed by atoms with Gasteiger partial charge >= 0.3 is 0 Å². The van der Waals surface area contributed by atoms with Crippen LogP contribution in [-0.4, -0.2) is 35.9 Å². The number of amides is 1. The summed E-state index contributed by atoms with van der Waals surface area (Å²) < 4.78 is 5.00. The van der Waals surface area contributed by atoms with E-state index in [1.54, 1.807) is 12.1 Å². The smallest absolute Gasteiger partial charge is 0.247 e. The van der Waals surface area contributed by atoms with Gasteiger partial charge in [0.15, 0.2) is 11.5 Å². The van der Waals surface area contributed by atoms with Crippen molar-refractivity contribution in [3.8, 4) is 11.5 Å². The van der Waals surface area contributed by atoms with Crippen molar-refractivity contribution in [1.82, 2.24) is 5.32 Å². The van der Waals surface area contributed by atoms with E-state index in [4.69, 9.17) is 10.5 Å². The fourth-order valence-electron chi connectivity index (χ4n) is 1.47. The van der Waals surface area contributed by atoms with Crippen LogP contribution >= 0.6 is 0 Å². The molecule has 0 bridgehead atoms. The van der Waals surface area contributed by atoms with Gasteiger partial charge in [-0.25, -0.2) is 0 Å². The van der Waals surface area contributed by atoms with Gasteiger partial charge in [-0.05, 0) is 24.6 Å². The number of aliphatic hydroxyl groups is 1. The molecule has 100 valence electrons. The highest BCUT2D eigenvalue weighted by molar-refractivity contribution is 5.78. The highest BCUT2D eigenvalue weighted by Crippen LogP contribution is 2.28. The summed E-state index contributed by atoms with van der Waals surface area (Å²) in [4.78, 5) is 10.7. The van der Waals surface area contributed by atoms with Gasteiger partial charge in [0.2, 0.25) is 5.91 Å². The van der Waals surface area contributed by atoms with Crippen molar-refractivity contribution < 1.29 is 19.7 Å². The first-order valence-electron chi connectivity index (χ1n) is 5.53. The van der Waals surface area contributed by atoms with E-state index in [1.807, 2.05) is 6.92 Å². The molecule has 0 aliphatic carbocycles. The number of benzene rings is 1. The molecule has 0 aromatic heterocycles. The fraction of sp³-hybridized carbons (Fsp3) is 0.417. The van der Waals surface area contributed by atoms with Crippen LogP contribution in [0, 0.1) is 0 Å². The molecule has 2 unspecified atom stereocenters. The highest BCUT2D eigenvalue weighted by Gasteiger charge is 2.14. The number of primary amides is 1. The van der Waals surface area contributed by atoms with Gasteiger partial charge in [-0.15, -0.1) is 0 Å². The van der Waals surface area contributed by atoms with Gasteiger partial charge in [0, 0.05) is 12.6 Å². The SMILES string of the molecule is COc1cc(C(C)NCC(O)C(N)=O)ccc1O. The highest BCUT2D eigenvalue weighted by atomic mass is 16.5. The van der Waals surface area contributed by atoms with E-state index < -0.39 is 12.0 Å². The predicted molar refractivity (Wildman–Crippen MR) is 66.3 cm³/mol. The molecule has 0 fully saturated rings. The monoisotopic (exact) mass is 254 g/mol. The topological polar surface area (TPSA) is 105 Å². The van der Waals surface area contributed by atoms with E-state index in [9.17, 15) is 15.0 Å². The van der Waals surface area contributed by atoms with Crippen LogP contribution in [-0.2, 0) is 4.79 Å². The van der Waals surface area contributed by atoms with Crippen molar-refractivity contribution in [2.24, 2.45) is 5.73 Å². The molecule has 0 saturated carbocycles. The van der Waals surface area contributed by atoms with Crippen LogP contribution in [0.25, 0.3) is 0 Å². The molecule has 6 heteroatoms. The Bertz CT molecular complexity index is 423. The lowest BCUT2D eigenvalue weighted by Gasteiger charge is -2.17. The Hall–Kier alpha value is -1.79. The van der Waals surface area contributed by atoms with E-state index in [-0.39, 0.29) is 18.3 Å². The molecule has 0 heterocycles. The van der Waals surface area contributed by atoms with Crippen LogP contribution in [0.4, 0.5) is 0 Å². The van der Waals surface area contributed by atoms with E-state index in [0.29, 0.717) is 5.75 Å². The Morgan fingerprint density at radius 3 is 2.78 bits per heavy atom. The Kier molecular flexibility index (Phi) is 4.94. The molecule has 18 heavy (non-hydrogen) atoms. The van der Waals surface area contributed by atoms with Gasteiger partial charge in [0.1, 0.15) is 6.10 Å². The number of ether oxygens (including phenoxy) is 1. The molecule has 2 atom stereocenters. The molecule has 0 aliphatic rings. The fourth-order valence-corrected chi connectivity index (χ4v) is 1.47. The molecule has 0 aliphatic heterocycles. The average Bonchev–Trinajstić information content (AvgIpc) is 2.35. The summed E-state index contributed by atoms with van der Waals surface area (Å²) in [6.45, 7) is 1.93. The van der Waals surface area contributed by atoms with Gasteiger partial charge in [0.05, 0.1) is 7.11 Å². The average molecular weight is 254 g/mol. The summed E-state index contributed by atoms with van der Waals surface area (Å²) in [5.41, 5.74) is 5.81. The Morgan fingerprint density at radius 1 is 1.56 bits per heavy atom. The van der Waals surface area contributed by atoms with Crippen molar-refractivity contribution in [1.29, 1.82) is 0 Å². The van der Waals surface area contributed by atoms with Crippen LogP contribution in [0.1, 0.15) is 18.5 Å². The van der Waals surface area contributed by atoms with Crippen molar-refractivity contribution >= 4 is 5.91 Å². The number of phenolic OH excluding ortho intramolecular Hbond substituents is 1. The molecule has 1 amide bonds. The zero-order chi connectivity index (χ0) is 13.7. The largest absolute Gasteiger partial charge is 0.504 e. The molecule has 1 aromatic rings. The third-order valence-electron chi connectivity index (χ3n) is 2.65. The zero-order valence-corrected chi connectivity index (χ0v) is 10.4. The lowest BCUT2D eigenvalue weighted by molar-refractivity contribution is -0.125. The lowest BCUT2D eigenvalue weighted by Crippen LogP contribution is -2.38. The normalized spacial score (nSPS) is 13.9. The van der Waals surface area contributed by atoms with Crippen molar-refractivity contribution in [2.45, 2.75) is 19.1 Å². The van der Waals surface area contributed by atoms with Crippen LogP contribution in [0.3, 0.4) is 0 Å². The summed E-state index contributed by atoms with van der Waals surface area (Å²) in [6, 6.07) is 4.82. The molecule has 6 nitrogen and oxygen atoms in total. The molecule has 0 saturated heterocycles. The lowest BCUT2D eigenvalue weighted by atomic mass is 10.1. The zero-order valence-electron chi connectivity index (χ0n) is 10.4. The number of hydrogen-bond acceptors (Lipinski definition) is 5. The molecule has 1 aromatic carbocycles. The Labute approximate surface area is 105 Å². The first-order valence-corrected chi connectivity index (χ1v) is 5.53. The van der Waals surface area contributed by atoms with Gasteiger partial charge in [0.25, 0.3) is 0 Å². The second-order valence-corrected chi connectivity index (χ2v) is 3.98. The summed E-state index contributed by atoms with van der Waals surface area (Å²) in [6.07, 6.45) is -1.22. The quantitative estimate of drug-likeness (QED) is 0.567. The molecule has 5 N–H and O–H groups in total. The second kappa shape index (κ2) is 6.23. The Morgan fingerprint density at radius 2 is 2.22 bits per heavy atom. The third kappa shape index (κ3) is 3.61. The summed E-state index contributed by atoms with van der Waals surface area (Å²) in [5.74, 6) is -0.333. The number of phenols is 1. The second-order valence-electron chi connectivity index (χ2n) is 3.98. The summed E-state index contributed by atoms with van der Waals surface area (Å²) in [5, 5.41) is 21.7. The minimum absolute atomic E-state index is 0.0608. The molecular formula is C12H18N2O4. The number of carbonyl (C=O) groups is 1. The number of aliphatic hydroxyl groups excluding tert-OH is 1. The van der Waals surface area contributed by atoms with Crippen molar-refractivity contribution in [3.05, 3.63) is 23.8 Å². The maximum Gasteiger partial charge on any atom is 0.247 e. The standard InChI is InChI=1S/C12H18N2O4/c1-7(14-6-10(16)12(13)17)8-3-4-9(15)11(5-8)18-2/h3-5,7,10,14-16H,6H2,1-2H3,(H2,13,17). The molecule has 1 rings (SSSR count). The van der Waals surface area contributed by atoms with Crippen molar-refractivity contribution in [2.75, 3.05) is 13.7 Å². The van der Waals surface area contributed by atoms with Gasteiger partial charge in [-0.2, -0.15) is 0 Å². The van der Waals surface area contributed by atoms with Crippen LogP contribution < -0.4 is 15.8 Å². The maximum absolute atomic E-state index is 10.7. The number of nitrogens with one attached hydrogen (secondary N) is 1. The van der Waals surface area contributed by atoms with Crippen LogP contribution in [0.2, 0.25) is 0 Å². The predicted octanol–water partition coefficient (Wildman–Crippen LogP) is -0.102. The number of nitrogens with two attached hydrogens (primary N) is 1. The minimum atomic E-state index is -1.22. The number of methoxy groups -OCH3 is 1. The number of rotatable bonds is 6. The van der Waals surface area contributed by atoms with E-state index >= 15 is 0 Å². The number of hydrogen-bond donors (Lipinski definition) is 4. The third-order valence-corrected chi connectivity index (χ3v) is 2.65. The van der Waals surface area contributed by atoms with E-state index in [2.05, 4.69) is 5.32 Å². The minimum Gasteiger partial charge on any atom is -0.504 e. The molecule has 0 radical (unpaired) electrons. The number of aromatic hydroxyl groups is 1. The van der Waals surface area contributed by atoms with Gasteiger partial charge in [-0.3, -0.25) is 4.79 Å². The molecular weight excluding hydrogens is 236 g/mol. The first-order chi connectivity index (χ1) is 8.45. The summed E-state index contributed by atoms with van der Waals surface area (Å²) in [7, 11) is 1.47.